The van der Waals surface area contributed by atoms with Crippen molar-refractivity contribution in [2.75, 3.05) is 19.7 Å². The molecule has 1 atom stereocenters. The molecule has 1 aliphatic heterocycles. The minimum atomic E-state index is 0.152. The first-order valence-corrected chi connectivity index (χ1v) is 9.18. The van der Waals surface area contributed by atoms with Crippen LogP contribution in [-0.4, -0.2) is 35.9 Å². The van der Waals surface area contributed by atoms with Gasteiger partial charge in [-0.3, -0.25) is 0 Å². The molecule has 0 amide bonds. The van der Waals surface area contributed by atoms with Crippen LogP contribution in [0.15, 0.2) is 48.7 Å². The summed E-state index contributed by atoms with van der Waals surface area (Å²) in [6.45, 7) is 2.37. The molecule has 1 aliphatic rings. The van der Waals surface area contributed by atoms with Gasteiger partial charge in [-0.05, 0) is 55.6 Å². The Morgan fingerprint density at radius 1 is 1.23 bits per heavy atom. The van der Waals surface area contributed by atoms with Crippen LogP contribution >= 0.6 is 0 Å². The van der Waals surface area contributed by atoms with Crippen LogP contribution in [0.25, 0.3) is 10.9 Å². The summed E-state index contributed by atoms with van der Waals surface area (Å²) in [5.41, 5.74) is 2.27. The Morgan fingerprint density at radius 3 is 3.15 bits per heavy atom. The first-order valence-electron chi connectivity index (χ1n) is 9.18. The summed E-state index contributed by atoms with van der Waals surface area (Å²) in [5, 5.41) is 14.2. The van der Waals surface area contributed by atoms with E-state index in [0.29, 0.717) is 6.61 Å². The quantitative estimate of drug-likeness (QED) is 0.568. The van der Waals surface area contributed by atoms with E-state index >= 15 is 0 Å². The standard InChI is InChI=1S/C21H24N2O3/c24-16-7-5-15-6-8-17(26-21(15)13-16)14-22-10-2-12-25-20-4-1-3-19-18(20)9-11-23-19/h1,3-5,7,9,11,13,17,22-24H,2,6,8,10,12,14H2. The average molecular weight is 352 g/mol. The number of fused-ring (bicyclic) bond motifs is 2. The van der Waals surface area contributed by atoms with E-state index in [9.17, 15) is 5.11 Å². The minimum Gasteiger partial charge on any atom is -0.508 e. The summed E-state index contributed by atoms with van der Waals surface area (Å²) in [7, 11) is 0. The van der Waals surface area contributed by atoms with Gasteiger partial charge in [-0.1, -0.05) is 12.1 Å². The Balaban J connectivity index is 1.18. The lowest BCUT2D eigenvalue weighted by molar-refractivity contribution is 0.169. The predicted molar refractivity (Wildman–Crippen MR) is 102 cm³/mol. The highest BCUT2D eigenvalue weighted by Crippen LogP contribution is 2.30. The molecule has 3 N–H and O–H groups in total. The third-order valence-corrected chi connectivity index (χ3v) is 4.76. The van der Waals surface area contributed by atoms with E-state index in [1.807, 2.05) is 36.5 Å². The van der Waals surface area contributed by atoms with Gasteiger partial charge >= 0.3 is 0 Å². The fraction of sp³-hybridized carbons (Fsp3) is 0.333. The Bertz CT molecular complexity index is 875. The zero-order chi connectivity index (χ0) is 17.8. The highest BCUT2D eigenvalue weighted by atomic mass is 16.5. The van der Waals surface area contributed by atoms with Crippen molar-refractivity contribution in [3.63, 3.8) is 0 Å². The predicted octanol–water partition coefficient (Wildman–Crippen LogP) is 3.63. The molecule has 1 aromatic heterocycles. The van der Waals surface area contributed by atoms with Crippen molar-refractivity contribution in [3.05, 3.63) is 54.2 Å². The number of ether oxygens (including phenoxy) is 2. The van der Waals surface area contributed by atoms with E-state index in [1.165, 1.54) is 5.56 Å². The summed E-state index contributed by atoms with van der Waals surface area (Å²) in [6.07, 6.45) is 5.01. The Kier molecular flexibility index (Phi) is 4.97. The van der Waals surface area contributed by atoms with Crippen LogP contribution in [0.1, 0.15) is 18.4 Å². The van der Waals surface area contributed by atoms with Crippen LogP contribution in [-0.2, 0) is 6.42 Å². The maximum Gasteiger partial charge on any atom is 0.128 e. The van der Waals surface area contributed by atoms with Gasteiger partial charge < -0.3 is 24.9 Å². The number of phenols is 1. The van der Waals surface area contributed by atoms with Crippen molar-refractivity contribution in [1.29, 1.82) is 0 Å². The smallest absolute Gasteiger partial charge is 0.128 e. The van der Waals surface area contributed by atoms with Crippen LogP contribution in [0.2, 0.25) is 0 Å². The zero-order valence-electron chi connectivity index (χ0n) is 14.7. The van der Waals surface area contributed by atoms with E-state index < -0.39 is 0 Å². The fourth-order valence-electron chi connectivity index (χ4n) is 3.38. The number of phenolic OH excluding ortho intramolecular Hbond substituents is 1. The summed E-state index contributed by atoms with van der Waals surface area (Å²) in [4.78, 5) is 3.20. The highest BCUT2D eigenvalue weighted by Gasteiger charge is 2.19. The van der Waals surface area contributed by atoms with Gasteiger partial charge in [-0.15, -0.1) is 0 Å². The Morgan fingerprint density at radius 2 is 2.19 bits per heavy atom. The molecule has 26 heavy (non-hydrogen) atoms. The molecule has 4 rings (SSSR count). The van der Waals surface area contributed by atoms with Gasteiger partial charge in [0.25, 0.3) is 0 Å². The first-order chi connectivity index (χ1) is 12.8. The number of hydrogen-bond acceptors (Lipinski definition) is 4. The molecule has 3 aromatic rings. The van der Waals surface area contributed by atoms with Crippen molar-refractivity contribution in [3.8, 4) is 17.2 Å². The van der Waals surface area contributed by atoms with E-state index in [2.05, 4.69) is 10.3 Å². The number of aromatic hydroxyl groups is 1. The summed E-state index contributed by atoms with van der Waals surface area (Å²) < 4.78 is 11.9. The number of aromatic amines is 1. The van der Waals surface area contributed by atoms with Crippen LogP contribution in [0.5, 0.6) is 17.2 Å². The highest BCUT2D eigenvalue weighted by molar-refractivity contribution is 5.85. The number of aromatic nitrogens is 1. The molecule has 0 saturated heterocycles. The molecule has 0 radical (unpaired) electrons. The van der Waals surface area contributed by atoms with Crippen molar-refractivity contribution in [1.82, 2.24) is 10.3 Å². The van der Waals surface area contributed by atoms with E-state index in [0.717, 1.165) is 54.8 Å². The summed E-state index contributed by atoms with van der Waals surface area (Å²) in [6, 6.07) is 13.5. The van der Waals surface area contributed by atoms with Crippen molar-refractivity contribution >= 4 is 10.9 Å². The van der Waals surface area contributed by atoms with Crippen molar-refractivity contribution < 1.29 is 14.6 Å². The van der Waals surface area contributed by atoms with Gasteiger partial charge in [-0.25, -0.2) is 0 Å². The largest absolute Gasteiger partial charge is 0.508 e. The summed E-state index contributed by atoms with van der Waals surface area (Å²) >= 11 is 0. The molecule has 5 nitrogen and oxygen atoms in total. The molecular formula is C21H24N2O3. The number of H-pyrrole nitrogens is 1. The minimum absolute atomic E-state index is 0.152. The third kappa shape index (κ3) is 3.78. The van der Waals surface area contributed by atoms with Crippen molar-refractivity contribution in [2.24, 2.45) is 0 Å². The normalized spacial score (nSPS) is 16.2. The molecule has 0 aliphatic carbocycles. The third-order valence-electron chi connectivity index (χ3n) is 4.76. The molecular weight excluding hydrogens is 328 g/mol. The first kappa shape index (κ1) is 16.8. The molecule has 2 aromatic carbocycles. The maximum atomic E-state index is 9.58. The second-order valence-corrected chi connectivity index (χ2v) is 6.67. The van der Waals surface area contributed by atoms with Gasteiger partial charge in [0.05, 0.1) is 6.61 Å². The summed E-state index contributed by atoms with van der Waals surface area (Å²) in [5.74, 6) is 1.99. The van der Waals surface area contributed by atoms with Gasteiger partial charge in [0.15, 0.2) is 0 Å². The van der Waals surface area contributed by atoms with E-state index in [-0.39, 0.29) is 11.9 Å². The SMILES string of the molecule is Oc1ccc2c(c1)OC(CNCCCOc1cccc3[nH]ccc13)CC2. The Hall–Kier alpha value is -2.66. The van der Waals surface area contributed by atoms with Crippen LogP contribution < -0.4 is 14.8 Å². The van der Waals surface area contributed by atoms with Gasteiger partial charge in [-0.2, -0.15) is 0 Å². The average Bonchev–Trinajstić information content (AvgIpc) is 3.13. The number of benzene rings is 2. The second kappa shape index (κ2) is 7.70. The molecule has 0 spiro atoms. The number of nitrogens with one attached hydrogen (secondary N) is 2. The Labute approximate surface area is 152 Å². The molecule has 0 saturated carbocycles. The maximum absolute atomic E-state index is 9.58. The van der Waals surface area contributed by atoms with Gasteiger partial charge in [0.2, 0.25) is 0 Å². The lowest BCUT2D eigenvalue weighted by Gasteiger charge is -2.26. The molecule has 0 bridgehead atoms. The molecule has 0 fully saturated rings. The van der Waals surface area contributed by atoms with Gasteiger partial charge in [0.1, 0.15) is 23.4 Å². The number of hydrogen-bond donors (Lipinski definition) is 3. The zero-order valence-corrected chi connectivity index (χ0v) is 14.7. The van der Waals surface area contributed by atoms with Crippen LogP contribution in [0.4, 0.5) is 0 Å². The topological polar surface area (TPSA) is 66.5 Å². The molecule has 5 heteroatoms. The number of rotatable bonds is 7. The number of aryl methyl sites for hydroxylation is 1. The monoisotopic (exact) mass is 352 g/mol. The lowest BCUT2D eigenvalue weighted by atomic mass is 10.0. The molecule has 1 unspecified atom stereocenters. The molecule has 2 heterocycles. The van der Waals surface area contributed by atoms with E-state index in [1.54, 1.807) is 12.1 Å². The fourth-order valence-corrected chi connectivity index (χ4v) is 3.38. The van der Waals surface area contributed by atoms with Crippen LogP contribution in [0.3, 0.4) is 0 Å². The van der Waals surface area contributed by atoms with Crippen molar-refractivity contribution in [2.45, 2.75) is 25.4 Å². The molecule has 136 valence electrons. The van der Waals surface area contributed by atoms with E-state index in [4.69, 9.17) is 9.47 Å². The van der Waals surface area contributed by atoms with Crippen LogP contribution in [0, 0.1) is 0 Å². The lowest BCUT2D eigenvalue weighted by Crippen LogP contribution is -2.34. The second-order valence-electron chi connectivity index (χ2n) is 6.67. The van der Waals surface area contributed by atoms with Gasteiger partial charge in [0, 0.05) is 29.7 Å².